The van der Waals surface area contributed by atoms with Gasteiger partial charge in [-0.05, 0) is 62.0 Å². The first-order chi connectivity index (χ1) is 18.0. The van der Waals surface area contributed by atoms with Crippen LogP contribution in [0.5, 0.6) is 5.75 Å². The fourth-order valence-electron chi connectivity index (χ4n) is 4.39. The number of hydrogen-bond acceptors (Lipinski definition) is 6. The van der Waals surface area contributed by atoms with E-state index in [-0.39, 0.29) is 12.3 Å². The van der Waals surface area contributed by atoms with Crippen molar-refractivity contribution in [2.45, 2.75) is 26.5 Å². The first-order valence-corrected chi connectivity index (χ1v) is 13.3. The number of aromatic nitrogens is 1. The van der Waals surface area contributed by atoms with Gasteiger partial charge in [-0.3, -0.25) is 14.3 Å². The van der Waals surface area contributed by atoms with Crippen LogP contribution < -0.4 is 20.5 Å². The van der Waals surface area contributed by atoms with E-state index >= 15 is 0 Å². The summed E-state index contributed by atoms with van der Waals surface area (Å²) in [5.41, 5.74) is 1.41. The quantitative estimate of drug-likeness (QED) is 0.361. The Morgan fingerprint density at radius 3 is 2.59 bits per heavy atom. The molecule has 0 spiro atoms. The van der Waals surface area contributed by atoms with Crippen molar-refractivity contribution in [3.8, 4) is 5.75 Å². The maximum Gasteiger partial charge on any atom is 0.408 e. The Bertz CT molecular complexity index is 1270. The molecule has 1 saturated heterocycles. The van der Waals surface area contributed by atoms with Gasteiger partial charge in [-0.25, -0.2) is 4.79 Å². The molecule has 0 saturated carbocycles. The maximum absolute atomic E-state index is 12.4. The number of pyridine rings is 1. The molecule has 0 bridgehead atoms. The average molecular weight is 547 g/mol. The van der Waals surface area contributed by atoms with Gasteiger partial charge < -0.3 is 19.7 Å². The molecule has 37 heavy (non-hydrogen) atoms. The van der Waals surface area contributed by atoms with Gasteiger partial charge in [0.1, 0.15) is 5.75 Å². The fourth-order valence-corrected chi connectivity index (χ4v) is 4.80. The summed E-state index contributed by atoms with van der Waals surface area (Å²) >= 11 is 12.5. The second-order valence-electron chi connectivity index (χ2n) is 8.87. The van der Waals surface area contributed by atoms with Crippen molar-refractivity contribution >= 4 is 45.9 Å². The lowest BCUT2D eigenvalue weighted by Crippen LogP contribution is -2.46. The molecule has 1 aliphatic heterocycles. The predicted octanol–water partition coefficient (Wildman–Crippen LogP) is 4.99. The molecule has 198 valence electrons. The number of benzene rings is 2. The molecular weight excluding hydrogens is 515 g/mol. The van der Waals surface area contributed by atoms with Crippen LogP contribution in [0.25, 0.3) is 10.9 Å². The van der Waals surface area contributed by atoms with Crippen molar-refractivity contribution < 1.29 is 14.3 Å². The highest BCUT2D eigenvalue weighted by molar-refractivity contribution is 6.43. The Balaban J connectivity index is 1.23. The molecule has 8 nitrogen and oxygen atoms in total. The molecule has 1 aromatic heterocycles. The highest BCUT2D eigenvalue weighted by Crippen LogP contribution is 2.32. The highest BCUT2D eigenvalue weighted by Gasteiger charge is 2.19. The van der Waals surface area contributed by atoms with Crippen molar-refractivity contribution in [2.75, 3.05) is 50.8 Å². The number of nitrogens with zero attached hydrogens (tertiary/aromatic N) is 3. The van der Waals surface area contributed by atoms with Crippen molar-refractivity contribution in [3.05, 3.63) is 68.9 Å². The summed E-state index contributed by atoms with van der Waals surface area (Å²) in [6.45, 7) is 7.46. The second kappa shape index (κ2) is 13.0. The normalized spacial score (nSPS) is 14.1. The number of alkyl carbamates (subject to hydrolysis) is 1. The zero-order chi connectivity index (χ0) is 26.2. The first kappa shape index (κ1) is 27.1. The number of ether oxygens (including phenoxy) is 2. The number of piperazine rings is 1. The lowest BCUT2D eigenvalue weighted by atomic mass is 10.2. The van der Waals surface area contributed by atoms with Gasteiger partial charge in [0.2, 0.25) is 0 Å². The molecule has 0 unspecified atom stereocenters. The number of unbranched alkanes of at least 4 members (excludes halogenated alkanes) is 1. The minimum Gasteiger partial charge on any atom is -0.494 e. The summed E-state index contributed by atoms with van der Waals surface area (Å²) in [6.07, 6.45) is 1.38. The Labute approximate surface area is 226 Å². The molecule has 1 amide bonds. The SMILES string of the molecule is CCNC(=O)OCn1c(=O)ccc2ccc(OCCCCN3CCN(c4cccc(Cl)c4Cl)CC3)cc21. The summed E-state index contributed by atoms with van der Waals surface area (Å²) < 4.78 is 12.6. The standard InChI is InChI=1S/C27H32Cl2N4O4/c1-2-30-27(35)37-19-33-24-18-21(10-8-20(24)9-11-25(33)34)36-17-4-3-12-31-13-15-32(16-14-31)23-7-5-6-22(28)26(23)29/h5-11,18H,2-4,12-17,19H2,1H3,(H,30,35). The van der Waals surface area contributed by atoms with Crippen LogP contribution in [0.4, 0.5) is 10.5 Å². The predicted molar refractivity (Wildman–Crippen MR) is 148 cm³/mol. The third kappa shape index (κ3) is 7.09. The zero-order valence-corrected chi connectivity index (χ0v) is 22.4. The van der Waals surface area contributed by atoms with Gasteiger partial charge in [0, 0.05) is 44.9 Å². The monoisotopic (exact) mass is 546 g/mol. The number of anilines is 1. The number of fused-ring (bicyclic) bond motifs is 1. The average Bonchev–Trinajstić information content (AvgIpc) is 2.90. The van der Waals surface area contributed by atoms with E-state index in [2.05, 4.69) is 15.1 Å². The van der Waals surface area contributed by atoms with Crippen molar-refractivity contribution in [3.63, 3.8) is 0 Å². The topological polar surface area (TPSA) is 76.0 Å². The zero-order valence-electron chi connectivity index (χ0n) is 20.9. The smallest absolute Gasteiger partial charge is 0.408 e. The lowest BCUT2D eigenvalue weighted by Gasteiger charge is -2.36. The first-order valence-electron chi connectivity index (χ1n) is 12.5. The molecule has 0 radical (unpaired) electrons. The Morgan fingerprint density at radius 1 is 1.03 bits per heavy atom. The Kier molecular flexibility index (Phi) is 9.55. The molecule has 1 aliphatic rings. The van der Waals surface area contributed by atoms with Crippen LogP contribution in [0.2, 0.25) is 10.0 Å². The summed E-state index contributed by atoms with van der Waals surface area (Å²) in [5, 5.41) is 4.63. The van der Waals surface area contributed by atoms with E-state index in [1.807, 2.05) is 36.4 Å². The van der Waals surface area contributed by atoms with Crippen molar-refractivity contribution in [1.82, 2.24) is 14.8 Å². The summed E-state index contributed by atoms with van der Waals surface area (Å²) in [7, 11) is 0. The summed E-state index contributed by atoms with van der Waals surface area (Å²) in [4.78, 5) is 28.8. The van der Waals surface area contributed by atoms with E-state index in [9.17, 15) is 9.59 Å². The van der Waals surface area contributed by atoms with Gasteiger partial charge in [-0.15, -0.1) is 0 Å². The molecule has 1 fully saturated rings. The molecule has 2 aromatic carbocycles. The molecular formula is C27H32Cl2N4O4. The summed E-state index contributed by atoms with van der Waals surface area (Å²) in [6, 6.07) is 14.6. The van der Waals surface area contributed by atoms with E-state index < -0.39 is 6.09 Å². The minimum atomic E-state index is -0.562. The largest absolute Gasteiger partial charge is 0.494 e. The van der Waals surface area contributed by atoms with E-state index in [0.717, 1.165) is 56.6 Å². The van der Waals surface area contributed by atoms with Crippen LogP contribution in [0.15, 0.2) is 53.3 Å². The Hall–Kier alpha value is -2.94. The van der Waals surface area contributed by atoms with Crippen LogP contribution in [0.3, 0.4) is 0 Å². The van der Waals surface area contributed by atoms with Crippen LogP contribution >= 0.6 is 23.2 Å². The molecule has 3 aromatic rings. The van der Waals surface area contributed by atoms with E-state index in [1.165, 1.54) is 10.6 Å². The van der Waals surface area contributed by atoms with Crippen molar-refractivity contribution in [1.29, 1.82) is 0 Å². The number of carbonyl (C=O) groups is 1. The lowest BCUT2D eigenvalue weighted by molar-refractivity contribution is 0.115. The third-order valence-corrected chi connectivity index (χ3v) is 7.20. The van der Waals surface area contributed by atoms with Gasteiger partial charge in [0.15, 0.2) is 6.73 Å². The number of halogens is 2. The van der Waals surface area contributed by atoms with E-state index in [4.69, 9.17) is 32.7 Å². The third-order valence-electron chi connectivity index (χ3n) is 6.39. The van der Waals surface area contributed by atoms with Crippen molar-refractivity contribution in [2.24, 2.45) is 0 Å². The second-order valence-corrected chi connectivity index (χ2v) is 9.65. The van der Waals surface area contributed by atoms with Gasteiger partial charge in [-0.2, -0.15) is 0 Å². The van der Waals surface area contributed by atoms with Gasteiger partial charge in [0.05, 0.1) is 27.9 Å². The maximum atomic E-state index is 12.4. The molecule has 0 atom stereocenters. The van der Waals surface area contributed by atoms with Crippen LogP contribution in [0, 0.1) is 0 Å². The fraction of sp³-hybridized carbons (Fsp3) is 0.407. The van der Waals surface area contributed by atoms with Crippen LogP contribution in [-0.2, 0) is 11.5 Å². The van der Waals surface area contributed by atoms with Crippen LogP contribution in [0.1, 0.15) is 19.8 Å². The number of nitrogens with one attached hydrogen (secondary N) is 1. The molecule has 4 rings (SSSR count). The summed E-state index contributed by atoms with van der Waals surface area (Å²) in [5.74, 6) is 0.678. The van der Waals surface area contributed by atoms with Crippen LogP contribution in [-0.4, -0.2) is 61.4 Å². The number of rotatable bonds is 10. The molecule has 2 heterocycles. The molecule has 0 aliphatic carbocycles. The Morgan fingerprint density at radius 2 is 1.81 bits per heavy atom. The number of hydrogen-bond donors (Lipinski definition) is 1. The van der Waals surface area contributed by atoms with Gasteiger partial charge in [-0.1, -0.05) is 29.3 Å². The number of carbonyl (C=O) groups excluding carboxylic acids is 1. The number of amides is 1. The molecule has 10 heteroatoms. The van der Waals surface area contributed by atoms with E-state index in [0.29, 0.717) is 34.5 Å². The van der Waals surface area contributed by atoms with Gasteiger partial charge in [0.25, 0.3) is 5.56 Å². The highest BCUT2D eigenvalue weighted by atomic mass is 35.5. The minimum absolute atomic E-state index is 0.164. The van der Waals surface area contributed by atoms with E-state index in [1.54, 1.807) is 13.0 Å². The van der Waals surface area contributed by atoms with Gasteiger partial charge >= 0.3 is 6.09 Å². The molecule has 1 N–H and O–H groups in total.